The third-order valence-electron chi connectivity index (χ3n) is 2.14. The van der Waals surface area contributed by atoms with Crippen LogP contribution in [-0.2, 0) is 17.8 Å². The largest absolute Gasteiger partial charge is 0.468 e. The van der Waals surface area contributed by atoms with Gasteiger partial charge in [-0.25, -0.2) is 0 Å². The van der Waals surface area contributed by atoms with Crippen LogP contribution in [0.25, 0.3) is 0 Å². The molecule has 0 aliphatic heterocycles. The average Bonchev–Trinajstić information content (AvgIpc) is 2.62. The van der Waals surface area contributed by atoms with Crippen LogP contribution in [0.2, 0.25) is 0 Å². The number of hydrogen-bond acceptors (Lipinski definition) is 4. The van der Waals surface area contributed by atoms with Gasteiger partial charge in [0.1, 0.15) is 5.76 Å². The molecule has 0 amide bonds. The van der Waals surface area contributed by atoms with Gasteiger partial charge in [-0.15, -0.1) is 0 Å². The fourth-order valence-electron chi connectivity index (χ4n) is 1.30. The maximum Gasteiger partial charge on any atom is 0.121 e. The Morgan fingerprint density at radius 1 is 1.57 bits per heavy atom. The van der Waals surface area contributed by atoms with Crippen molar-refractivity contribution in [2.75, 3.05) is 27.3 Å². The SMILES string of the molecule is COCCN(C)Cc1ccoc1CN. The van der Waals surface area contributed by atoms with Crippen LogP contribution in [0.3, 0.4) is 0 Å². The second kappa shape index (κ2) is 5.80. The number of likely N-dealkylation sites (N-methyl/N-ethyl adjacent to an activating group) is 1. The van der Waals surface area contributed by atoms with Crippen molar-refractivity contribution < 1.29 is 9.15 Å². The molecule has 4 nitrogen and oxygen atoms in total. The first-order valence-electron chi connectivity index (χ1n) is 4.70. The number of nitrogens with two attached hydrogens (primary N) is 1. The molecule has 0 unspecified atom stereocenters. The van der Waals surface area contributed by atoms with E-state index in [1.165, 1.54) is 0 Å². The Kier molecular flexibility index (Phi) is 4.65. The molecule has 0 aliphatic carbocycles. The molecule has 0 aliphatic rings. The monoisotopic (exact) mass is 198 g/mol. The van der Waals surface area contributed by atoms with Crippen LogP contribution in [0, 0.1) is 0 Å². The van der Waals surface area contributed by atoms with Crippen molar-refractivity contribution in [3.63, 3.8) is 0 Å². The normalized spacial score (nSPS) is 11.1. The van der Waals surface area contributed by atoms with E-state index in [1.54, 1.807) is 13.4 Å². The quantitative estimate of drug-likeness (QED) is 0.735. The summed E-state index contributed by atoms with van der Waals surface area (Å²) < 4.78 is 10.2. The highest BCUT2D eigenvalue weighted by Crippen LogP contribution is 2.11. The highest BCUT2D eigenvalue weighted by Gasteiger charge is 2.06. The summed E-state index contributed by atoms with van der Waals surface area (Å²) in [7, 11) is 3.75. The Morgan fingerprint density at radius 2 is 2.36 bits per heavy atom. The Morgan fingerprint density at radius 3 is 3.00 bits per heavy atom. The molecular weight excluding hydrogens is 180 g/mol. The summed E-state index contributed by atoms with van der Waals surface area (Å²) in [6.45, 7) is 2.96. The first kappa shape index (κ1) is 11.2. The second-order valence-electron chi connectivity index (χ2n) is 3.30. The number of methoxy groups -OCH3 is 1. The molecular formula is C10H18N2O2. The molecule has 1 aromatic heterocycles. The smallest absolute Gasteiger partial charge is 0.121 e. The summed E-state index contributed by atoms with van der Waals surface area (Å²) in [6.07, 6.45) is 1.68. The van der Waals surface area contributed by atoms with Crippen molar-refractivity contribution >= 4 is 0 Å². The molecule has 0 aromatic carbocycles. The van der Waals surface area contributed by atoms with Crippen molar-refractivity contribution in [1.82, 2.24) is 4.90 Å². The maximum atomic E-state index is 5.53. The number of ether oxygens (including phenoxy) is 1. The van der Waals surface area contributed by atoms with Crippen LogP contribution >= 0.6 is 0 Å². The first-order chi connectivity index (χ1) is 6.77. The van der Waals surface area contributed by atoms with Gasteiger partial charge in [-0.2, -0.15) is 0 Å². The molecule has 4 heteroatoms. The lowest BCUT2D eigenvalue weighted by Crippen LogP contribution is -2.22. The Balaban J connectivity index is 2.42. The standard InChI is InChI=1S/C10H18N2O2/c1-12(4-6-13-2)8-9-3-5-14-10(9)7-11/h3,5H,4,6-8,11H2,1-2H3. The molecule has 0 spiro atoms. The highest BCUT2D eigenvalue weighted by atomic mass is 16.5. The number of nitrogens with zero attached hydrogens (tertiary/aromatic N) is 1. The summed E-state index contributed by atoms with van der Waals surface area (Å²) in [5, 5.41) is 0. The molecule has 2 N–H and O–H groups in total. The van der Waals surface area contributed by atoms with E-state index in [4.69, 9.17) is 14.9 Å². The minimum Gasteiger partial charge on any atom is -0.468 e. The zero-order chi connectivity index (χ0) is 10.4. The zero-order valence-electron chi connectivity index (χ0n) is 8.82. The van der Waals surface area contributed by atoms with Crippen molar-refractivity contribution in [2.24, 2.45) is 5.73 Å². The molecule has 1 rings (SSSR count). The van der Waals surface area contributed by atoms with Crippen molar-refractivity contribution in [3.8, 4) is 0 Å². The summed E-state index contributed by atoms with van der Waals surface area (Å²) in [6, 6.07) is 1.96. The van der Waals surface area contributed by atoms with Gasteiger partial charge in [-0.3, -0.25) is 4.90 Å². The van der Waals surface area contributed by atoms with Gasteiger partial charge < -0.3 is 14.9 Å². The summed E-state index contributed by atoms with van der Waals surface area (Å²) in [4.78, 5) is 2.17. The molecule has 0 fully saturated rings. The lowest BCUT2D eigenvalue weighted by Gasteiger charge is -2.15. The Bertz CT molecular complexity index is 260. The number of rotatable bonds is 6. The zero-order valence-corrected chi connectivity index (χ0v) is 8.82. The van der Waals surface area contributed by atoms with E-state index in [1.807, 2.05) is 13.1 Å². The van der Waals surface area contributed by atoms with E-state index in [2.05, 4.69) is 4.90 Å². The topological polar surface area (TPSA) is 51.6 Å². The molecule has 0 bridgehead atoms. The molecule has 0 radical (unpaired) electrons. The summed E-state index contributed by atoms with van der Waals surface area (Å²) >= 11 is 0. The van der Waals surface area contributed by atoms with Crippen molar-refractivity contribution in [3.05, 3.63) is 23.7 Å². The van der Waals surface area contributed by atoms with Gasteiger partial charge in [-0.05, 0) is 13.1 Å². The molecule has 0 saturated heterocycles. The van der Waals surface area contributed by atoms with E-state index in [9.17, 15) is 0 Å². The van der Waals surface area contributed by atoms with E-state index >= 15 is 0 Å². The van der Waals surface area contributed by atoms with Crippen LogP contribution in [0.4, 0.5) is 0 Å². The van der Waals surface area contributed by atoms with Crippen LogP contribution < -0.4 is 5.73 Å². The maximum absolute atomic E-state index is 5.53. The number of furan rings is 1. The van der Waals surface area contributed by atoms with Gasteiger partial charge in [0.2, 0.25) is 0 Å². The van der Waals surface area contributed by atoms with Gasteiger partial charge in [0, 0.05) is 25.8 Å². The summed E-state index contributed by atoms with van der Waals surface area (Å²) in [5.41, 5.74) is 6.69. The molecule has 0 saturated carbocycles. The van der Waals surface area contributed by atoms with Crippen LogP contribution in [0.15, 0.2) is 16.7 Å². The lowest BCUT2D eigenvalue weighted by atomic mass is 10.2. The lowest BCUT2D eigenvalue weighted by molar-refractivity contribution is 0.158. The predicted octanol–water partition coefficient (Wildman–Crippen LogP) is 0.817. The Hall–Kier alpha value is -0.840. The van der Waals surface area contributed by atoms with E-state index in [0.717, 1.165) is 31.0 Å². The molecule has 1 aromatic rings. The Labute approximate surface area is 84.6 Å². The third kappa shape index (κ3) is 3.14. The fraction of sp³-hybridized carbons (Fsp3) is 0.600. The van der Waals surface area contributed by atoms with E-state index < -0.39 is 0 Å². The molecule has 1 heterocycles. The average molecular weight is 198 g/mol. The first-order valence-corrected chi connectivity index (χ1v) is 4.70. The number of hydrogen-bond donors (Lipinski definition) is 1. The van der Waals surface area contributed by atoms with E-state index in [-0.39, 0.29) is 0 Å². The molecule has 14 heavy (non-hydrogen) atoms. The van der Waals surface area contributed by atoms with Crippen LogP contribution in [0.5, 0.6) is 0 Å². The van der Waals surface area contributed by atoms with Gasteiger partial charge in [0.25, 0.3) is 0 Å². The minimum absolute atomic E-state index is 0.459. The van der Waals surface area contributed by atoms with E-state index in [0.29, 0.717) is 6.54 Å². The van der Waals surface area contributed by atoms with Crippen molar-refractivity contribution in [2.45, 2.75) is 13.1 Å². The van der Waals surface area contributed by atoms with Gasteiger partial charge in [0.15, 0.2) is 0 Å². The highest BCUT2D eigenvalue weighted by molar-refractivity contribution is 5.16. The van der Waals surface area contributed by atoms with Crippen LogP contribution in [-0.4, -0.2) is 32.2 Å². The predicted molar refractivity (Wildman–Crippen MR) is 54.8 cm³/mol. The van der Waals surface area contributed by atoms with Gasteiger partial charge >= 0.3 is 0 Å². The molecule has 80 valence electrons. The van der Waals surface area contributed by atoms with Gasteiger partial charge in [-0.1, -0.05) is 0 Å². The van der Waals surface area contributed by atoms with Crippen LogP contribution in [0.1, 0.15) is 11.3 Å². The summed E-state index contributed by atoms with van der Waals surface area (Å²) in [5.74, 6) is 0.870. The molecule has 0 atom stereocenters. The third-order valence-corrected chi connectivity index (χ3v) is 2.14. The van der Waals surface area contributed by atoms with Gasteiger partial charge in [0.05, 0.1) is 19.4 Å². The van der Waals surface area contributed by atoms with Crippen molar-refractivity contribution in [1.29, 1.82) is 0 Å². The second-order valence-corrected chi connectivity index (χ2v) is 3.30. The fourth-order valence-corrected chi connectivity index (χ4v) is 1.30. The minimum atomic E-state index is 0.459.